The Balaban J connectivity index is 4.40. The largest absolute Gasteiger partial charge is 0.456 e. The predicted molar refractivity (Wildman–Crippen MR) is 56.9 cm³/mol. The van der Waals surface area contributed by atoms with E-state index in [0.29, 0.717) is 6.54 Å². The lowest BCUT2D eigenvalue weighted by Crippen LogP contribution is -2.51. The molecule has 0 fully saturated rings. The van der Waals surface area contributed by atoms with E-state index in [1.165, 1.54) is 0 Å². The van der Waals surface area contributed by atoms with Gasteiger partial charge in [-0.05, 0) is 27.9 Å². The van der Waals surface area contributed by atoms with Crippen molar-refractivity contribution in [3.8, 4) is 0 Å². The quantitative estimate of drug-likeness (QED) is 0.515. The van der Waals surface area contributed by atoms with Crippen molar-refractivity contribution in [3.63, 3.8) is 0 Å². The van der Waals surface area contributed by atoms with Crippen LogP contribution in [0.15, 0.2) is 12.7 Å². The molecule has 4 heteroatoms. The predicted octanol–water partition coefficient (Wildman–Crippen LogP) is 0.383. The van der Waals surface area contributed by atoms with Gasteiger partial charge in [0.05, 0.1) is 0 Å². The summed E-state index contributed by atoms with van der Waals surface area (Å²) in [5.74, 6) is -0.435. The molecule has 4 nitrogen and oxygen atoms in total. The normalized spacial score (nSPS) is 13.9. The number of carbonyl (C=O) groups excluding carboxylic acids is 1. The molecule has 0 saturated heterocycles. The van der Waals surface area contributed by atoms with Crippen LogP contribution >= 0.6 is 0 Å². The Kier molecular flexibility index (Phi) is 4.80. The molecule has 14 heavy (non-hydrogen) atoms. The van der Waals surface area contributed by atoms with Crippen molar-refractivity contribution in [1.82, 2.24) is 4.90 Å². The Morgan fingerprint density at radius 2 is 2.14 bits per heavy atom. The first-order valence-corrected chi connectivity index (χ1v) is 4.54. The third-order valence-electron chi connectivity index (χ3n) is 1.79. The highest BCUT2D eigenvalue weighted by Crippen LogP contribution is 2.10. The van der Waals surface area contributed by atoms with Gasteiger partial charge in [0, 0.05) is 18.2 Å². The van der Waals surface area contributed by atoms with Crippen LogP contribution in [0, 0.1) is 0 Å². The van der Waals surface area contributed by atoms with Crippen molar-refractivity contribution in [2.45, 2.75) is 25.5 Å². The smallest absolute Gasteiger partial charge is 0.330 e. The van der Waals surface area contributed by atoms with Gasteiger partial charge >= 0.3 is 5.97 Å². The van der Waals surface area contributed by atoms with Gasteiger partial charge in [0.2, 0.25) is 0 Å². The van der Waals surface area contributed by atoms with Gasteiger partial charge in [-0.15, -0.1) is 0 Å². The van der Waals surface area contributed by atoms with Crippen molar-refractivity contribution in [3.05, 3.63) is 12.7 Å². The van der Waals surface area contributed by atoms with Crippen LogP contribution in [0.2, 0.25) is 0 Å². The maximum absolute atomic E-state index is 11.0. The number of nitrogens with zero attached hydrogens (tertiary/aromatic N) is 1. The van der Waals surface area contributed by atoms with Gasteiger partial charge in [0.25, 0.3) is 0 Å². The molecule has 0 aromatic heterocycles. The van der Waals surface area contributed by atoms with E-state index in [1.54, 1.807) is 0 Å². The third kappa shape index (κ3) is 4.99. The number of esters is 1. The van der Waals surface area contributed by atoms with Crippen LogP contribution in [-0.2, 0) is 9.53 Å². The summed E-state index contributed by atoms with van der Waals surface area (Å²) >= 11 is 0. The number of ether oxygens (including phenoxy) is 1. The van der Waals surface area contributed by atoms with Crippen LogP contribution in [-0.4, -0.2) is 43.2 Å². The summed E-state index contributed by atoms with van der Waals surface area (Å²) in [5.41, 5.74) is 5.34. The summed E-state index contributed by atoms with van der Waals surface area (Å²) in [7, 11) is 3.81. The SMILES string of the molecule is C=CC(=O)OC(CN(C)C)C(C)(C)N. The van der Waals surface area contributed by atoms with Gasteiger partial charge in [-0.1, -0.05) is 6.58 Å². The summed E-state index contributed by atoms with van der Waals surface area (Å²) in [5, 5.41) is 0. The zero-order valence-corrected chi connectivity index (χ0v) is 9.41. The molecular formula is C10H20N2O2. The van der Waals surface area contributed by atoms with Crippen LogP contribution in [0.1, 0.15) is 13.8 Å². The first kappa shape index (κ1) is 13.1. The number of rotatable bonds is 5. The number of carbonyl (C=O) groups is 1. The van der Waals surface area contributed by atoms with Crippen LogP contribution in [0.4, 0.5) is 0 Å². The molecule has 0 bridgehead atoms. The minimum atomic E-state index is -0.553. The van der Waals surface area contributed by atoms with E-state index in [-0.39, 0.29) is 6.10 Å². The zero-order chi connectivity index (χ0) is 11.4. The van der Waals surface area contributed by atoms with Gasteiger partial charge in [0.1, 0.15) is 6.10 Å². The summed E-state index contributed by atoms with van der Waals surface area (Å²) < 4.78 is 5.15. The Morgan fingerprint density at radius 3 is 2.43 bits per heavy atom. The molecule has 0 aliphatic rings. The van der Waals surface area contributed by atoms with Crippen molar-refractivity contribution < 1.29 is 9.53 Å². The molecule has 0 spiro atoms. The molecule has 2 N–H and O–H groups in total. The lowest BCUT2D eigenvalue weighted by Gasteiger charge is -2.31. The fourth-order valence-electron chi connectivity index (χ4n) is 0.944. The van der Waals surface area contributed by atoms with E-state index in [4.69, 9.17) is 10.5 Å². The third-order valence-corrected chi connectivity index (χ3v) is 1.79. The van der Waals surface area contributed by atoms with Crippen molar-refractivity contribution in [1.29, 1.82) is 0 Å². The maximum atomic E-state index is 11.0. The average molecular weight is 200 g/mol. The molecule has 0 aromatic carbocycles. The second-order valence-electron chi connectivity index (χ2n) is 4.21. The van der Waals surface area contributed by atoms with E-state index in [2.05, 4.69) is 6.58 Å². The van der Waals surface area contributed by atoms with Crippen molar-refractivity contribution in [2.75, 3.05) is 20.6 Å². The van der Waals surface area contributed by atoms with Gasteiger partial charge in [0.15, 0.2) is 0 Å². The topological polar surface area (TPSA) is 55.6 Å². The molecule has 0 rings (SSSR count). The fraction of sp³-hybridized carbons (Fsp3) is 0.700. The summed E-state index contributed by atoms with van der Waals surface area (Å²) in [6.45, 7) is 7.61. The van der Waals surface area contributed by atoms with Crippen LogP contribution in [0.5, 0.6) is 0 Å². The summed E-state index contributed by atoms with van der Waals surface area (Å²) in [6, 6.07) is 0. The molecule has 0 heterocycles. The van der Waals surface area contributed by atoms with Gasteiger partial charge in [-0.2, -0.15) is 0 Å². The summed E-state index contributed by atoms with van der Waals surface area (Å²) in [4.78, 5) is 13.0. The van der Waals surface area contributed by atoms with E-state index in [1.807, 2.05) is 32.8 Å². The molecule has 1 unspecified atom stereocenters. The lowest BCUT2D eigenvalue weighted by atomic mass is 9.98. The Morgan fingerprint density at radius 1 is 1.64 bits per heavy atom. The maximum Gasteiger partial charge on any atom is 0.330 e. The first-order chi connectivity index (χ1) is 6.27. The first-order valence-electron chi connectivity index (χ1n) is 4.54. The monoisotopic (exact) mass is 200 g/mol. The second kappa shape index (κ2) is 5.12. The van der Waals surface area contributed by atoms with Gasteiger partial charge in [-0.3, -0.25) is 0 Å². The number of likely N-dealkylation sites (N-methyl/N-ethyl adjacent to an activating group) is 1. The minimum Gasteiger partial charge on any atom is -0.456 e. The number of hydrogen-bond acceptors (Lipinski definition) is 4. The van der Waals surface area contributed by atoms with E-state index in [0.717, 1.165) is 6.08 Å². The summed E-state index contributed by atoms with van der Waals surface area (Å²) in [6.07, 6.45) is 0.817. The Bertz CT molecular complexity index is 207. The van der Waals surface area contributed by atoms with Crippen LogP contribution < -0.4 is 5.73 Å². The van der Waals surface area contributed by atoms with E-state index in [9.17, 15) is 4.79 Å². The average Bonchev–Trinajstić information content (AvgIpc) is 2.00. The van der Waals surface area contributed by atoms with Gasteiger partial charge < -0.3 is 15.4 Å². The highest BCUT2D eigenvalue weighted by molar-refractivity contribution is 5.81. The molecule has 82 valence electrons. The minimum absolute atomic E-state index is 0.331. The van der Waals surface area contributed by atoms with Crippen LogP contribution in [0.3, 0.4) is 0 Å². The molecule has 0 aromatic rings. The van der Waals surface area contributed by atoms with Gasteiger partial charge in [-0.25, -0.2) is 4.79 Å². The van der Waals surface area contributed by atoms with Crippen molar-refractivity contribution in [2.24, 2.45) is 5.73 Å². The van der Waals surface area contributed by atoms with E-state index >= 15 is 0 Å². The molecule has 0 amide bonds. The zero-order valence-electron chi connectivity index (χ0n) is 9.41. The lowest BCUT2D eigenvalue weighted by molar-refractivity contribution is -0.146. The molecular weight excluding hydrogens is 180 g/mol. The number of nitrogens with two attached hydrogens (primary N) is 1. The van der Waals surface area contributed by atoms with Crippen LogP contribution in [0.25, 0.3) is 0 Å². The second-order valence-corrected chi connectivity index (χ2v) is 4.21. The standard InChI is InChI=1S/C10H20N2O2/c1-6-9(13)14-8(7-12(4)5)10(2,3)11/h6,8H,1,7,11H2,2-5H3. The van der Waals surface area contributed by atoms with E-state index < -0.39 is 11.5 Å². The number of hydrogen-bond donors (Lipinski definition) is 1. The Hall–Kier alpha value is -0.870. The highest BCUT2D eigenvalue weighted by atomic mass is 16.5. The molecule has 1 atom stereocenters. The Labute approximate surface area is 85.7 Å². The molecule has 0 aliphatic carbocycles. The van der Waals surface area contributed by atoms with Crippen molar-refractivity contribution >= 4 is 5.97 Å². The molecule has 0 radical (unpaired) electrons. The fourth-order valence-corrected chi connectivity index (χ4v) is 0.944. The highest BCUT2D eigenvalue weighted by Gasteiger charge is 2.28. The molecule has 0 saturated carbocycles. The molecule has 0 aliphatic heterocycles.